The fraction of sp³-hybridized carbons (Fsp3) is 0.278. The van der Waals surface area contributed by atoms with Gasteiger partial charge in [-0.1, -0.05) is 18.2 Å². The molecular formula is C18H19NO2S. The maximum Gasteiger partial charge on any atom is 0.244 e. The van der Waals surface area contributed by atoms with Crippen LogP contribution in [0.2, 0.25) is 0 Å². The summed E-state index contributed by atoms with van der Waals surface area (Å²) in [5, 5.41) is 5.00. The van der Waals surface area contributed by atoms with Gasteiger partial charge in [0, 0.05) is 23.4 Å². The number of fused-ring (bicyclic) bond motifs is 1. The average molecular weight is 313 g/mol. The van der Waals surface area contributed by atoms with Gasteiger partial charge >= 0.3 is 0 Å². The molecule has 3 nitrogen and oxygen atoms in total. The molecular weight excluding hydrogens is 294 g/mol. The van der Waals surface area contributed by atoms with Crippen molar-refractivity contribution in [3.8, 4) is 5.75 Å². The molecule has 2 aromatic rings. The summed E-state index contributed by atoms with van der Waals surface area (Å²) in [4.78, 5) is 13.0. The Bertz CT molecular complexity index is 676. The molecule has 0 spiro atoms. The highest BCUT2D eigenvalue weighted by molar-refractivity contribution is 7.10. The summed E-state index contributed by atoms with van der Waals surface area (Å²) in [6, 6.07) is 10.4. The SMILES string of the molecule is C[C@H](Cc1ccc2c(c1)CCO2)NC(=O)/C=C/c1cccs1. The molecule has 3 rings (SSSR count). The molecule has 0 unspecified atom stereocenters. The van der Waals surface area contributed by atoms with Crippen molar-refractivity contribution in [3.63, 3.8) is 0 Å². The van der Waals surface area contributed by atoms with Gasteiger partial charge in [0.15, 0.2) is 0 Å². The van der Waals surface area contributed by atoms with Crippen molar-refractivity contribution in [3.05, 3.63) is 57.8 Å². The van der Waals surface area contributed by atoms with E-state index in [0.717, 1.165) is 30.1 Å². The normalized spacial score (nSPS) is 14.6. The van der Waals surface area contributed by atoms with Gasteiger partial charge in [-0.25, -0.2) is 0 Å². The predicted molar refractivity (Wildman–Crippen MR) is 90.3 cm³/mol. The monoisotopic (exact) mass is 313 g/mol. The maximum absolute atomic E-state index is 11.9. The standard InChI is InChI=1S/C18H19NO2S/c1-13(19-18(20)7-5-16-3-2-10-22-16)11-14-4-6-17-15(12-14)8-9-21-17/h2-7,10,12-13H,8-9,11H2,1H3,(H,19,20)/b7-5+/t13-/m1/s1. The summed E-state index contributed by atoms with van der Waals surface area (Å²) in [7, 11) is 0. The molecule has 0 radical (unpaired) electrons. The maximum atomic E-state index is 11.9. The molecule has 1 aromatic carbocycles. The summed E-state index contributed by atoms with van der Waals surface area (Å²) in [5.74, 6) is 0.949. The van der Waals surface area contributed by atoms with E-state index >= 15 is 0 Å². The van der Waals surface area contributed by atoms with E-state index in [2.05, 4.69) is 17.4 Å². The second kappa shape index (κ2) is 6.79. The van der Waals surface area contributed by atoms with Crippen LogP contribution in [0.5, 0.6) is 5.75 Å². The predicted octanol–water partition coefficient (Wildman–Crippen LogP) is 3.44. The highest BCUT2D eigenvalue weighted by atomic mass is 32.1. The van der Waals surface area contributed by atoms with Crippen LogP contribution in [0.15, 0.2) is 41.8 Å². The van der Waals surface area contributed by atoms with Crippen molar-refractivity contribution >= 4 is 23.3 Å². The van der Waals surface area contributed by atoms with Crippen LogP contribution >= 0.6 is 11.3 Å². The molecule has 1 atom stereocenters. The summed E-state index contributed by atoms with van der Waals surface area (Å²) < 4.78 is 5.51. The smallest absolute Gasteiger partial charge is 0.244 e. The van der Waals surface area contributed by atoms with Gasteiger partial charge in [0.25, 0.3) is 0 Å². The van der Waals surface area contributed by atoms with Crippen LogP contribution in [0.4, 0.5) is 0 Å². The van der Waals surface area contributed by atoms with Gasteiger partial charge in [0.2, 0.25) is 5.91 Å². The van der Waals surface area contributed by atoms with Crippen LogP contribution in [0.3, 0.4) is 0 Å². The van der Waals surface area contributed by atoms with E-state index in [9.17, 15) is 4.79 Å². The van der Waals surface area contributed by atoms with Gasteiger partial charge in [-0.3, -0.25) is 4.79 Å². The molecule has 0 saturated carbocycles. The Morgan fingerprint density at radius 2 is 2.36 bits per heavy atom. The number of nitrogens with one attached hydrogen (secondary N) is 1. The molecule has 1 aromatic heterocycles. The zero-order chi connectivity index (χ0) is 15.4. The first-order chi connectivity index (χ1) is 10.7. The topological polar surface area (TPSA) is 38.3 Å². The molecule has 1 aliphatic heterocycles. The van der Waals surface area contributed by atoms with Gasteiger partial charge in [-0.15, -0.1) is 11.3 Å². The number of ether oxygens (including phenoxy) is 1. The lowest BCUT2D eigenvalue weighted by Crippen LogP contribution is -2.32. The molecule has 1 N–H and O–H groups in total. The highest BCUT2D eigenvalue weighted by Gasteiger charge is 2.13. The first-order valence-electron chi connectivity index (χ1n) is 7.47. The van der Waals surface area contributed by atoms with Crippen molar-refractivity contribution in [2.24, 2.45) is 0 Å². The van der Waals surface area contributed by atoms with E-state index < -0.39 is 0 Å². The summed E-state index contributed by atoms with van der Waals surface area (Å²) in [6.45, 7) is 2.80. The zero-order valence-electron chi connectivity index (χ0n) is 12.5. The van der Waals surface area contributed by atoms with Gasteiger partial charge in [-0.2, -0.15) is 0 Å². The van der Waals surface area contributed by atoms with Crippen LogP contribution in [-0.4, -0.2) is 18.6 Å². The van der Waals surface area contributed by atoms with Crippen molar-refractivity contribution in [2.75, 3.05) is 6.61 Å². The van der Waals surface area contributed by atoms with E-state index in [1.807, 2.05) is 36.6 Å². The first kappa shape index (κ1) is 14.9. The second-order valence-electron chi connectivity index (χ2n) is 5.50. The number of thiophene rings is 1. The molecule has 0 bridgehead atoms. The Balaban J connectivity index is 1.53. The summed E-state index contributed by atoms with van der Waals surface area (Å²) >= 11 is 1.62. The second-order valence-corrected chi connectivity index (χ2v) is 6.48. The molecule has 0 fully saturated rings. The van der Waals surface area contributed by atoms with Crippen molar-refractivity contribution < 1.29 is 9.53 Å². The number of benzene rings is 1. The average Bonchev–Trinajstić information content (AvgIpc) is 3.15. The number of amides is 1. The van der Waals surface area contributed by atoms with Crippen LogP contribution in [-0.2, 0) is 17.6 Å². The van der Waals surface area contributed by atoms with Gasteiger partial charge in [0.05, 0.1) is 6.61 Å². The Morgan fingerprint density at radius 1 is 1.45 bits per heavy atom. The Labute approximate surface area is 134 Å². The van der Waals surface area contributed by atoms with Crippen molar-refractivity contribution in [1.82, 2.24) is 5.32 Å². The third-order valence-electron chi connectivity index (χ3n) is 3.63. The van der Waals surface area contributed by atoms with Gasteiger partial charge in [-0.05, 0) is 48.1 Å². The van der Waals surface area contributed by atoms with E-state index in [4.69, 9.17) is 4.74 Å². The van der Waals surface area contributed by atoms with Crippen LogP contribution in [0.25, 0.3) is 6.08 Å². The molecule has 4 heteroatoms. The first-order valence-corrected chi connectivity index (χ1v) is 8.35. The third kappa shape index (κ3) is 3.77. The van der Waals surface area contributed by atoms with E-state index in [0.29, 0.717) is 0 Å². The zero-order valence-corrected chi connectivity index (χ0v) is 13.4. The van der Waals surface area contributed by atoms with Crippen molar-refractivity contribution in [2.45, 2.75) is 25.8 Å². The van der Waals surface area contributed by atoms with Crippen LogP contribution < -0.4 is 10.1 Å². The fourth-order valence-corrected chi connectivity index (χ4v) is 3.22. The minimum absolute atomic E-state index is 0.0506. The van der Waals surface area contributed by atoms with Crippen LogP contribution in [0, 0.1) is 0 Å². The lowest BCUT2D eigenvalue weighted by atomic mass is 10.0. The molecule has 2 heterocycles. The minimum Gasteiger partial charge on any atom is -0.493 e. The van der Waals surface area contributed by atoms with E-state index in [1.165, 1.54) is 11.1 Å². The Kier molecular flexibility index (Phi) is 4.59. The molecule has 1 amide bonds. The molecule has 0 aliphatic carbocycles. The summed E-state index contributed by atoms with van der Waals surface area (Å²) in [6.07, 6.45) is 5.25. The quantitative estimate of drug-likeness (QED) is 0.859. The Hall–Kier alpha value is -2.07. The molecule has 1 aliphatic rings. The Morgan fingerprint density at radius 3 is 3.18 bits per heavy atom. The van der Waals surface area contributed by atoms with Gasteiger partial charge in [0.1, 0.15) is 5.75 Å². The molecule has 0 saturated heterocycles. The summed E-state index contributed by atoms with van der Waals surface area (Å²) in [5.41, 5.74) is 2.51. The van der Waals surface area contributed by atoms with Gasteiger partial charge < -0.3 is 10.1 Å². The fourth-order valence-electron chi connectivity index (χ4n) is 2.61. The number of hydrogen-bond donors (Lipinski definition) is 1. The van der Waals surface area contributed by atoms with E-state index in [-0.39, 0.29) is 11.9 Å². The number of hydrogen-bond acceptors (Lipinski definition) is 3. The highest BCUT2D eigenvalue weighted by Crippen LogP contribution is 2.26. The largest absolute Gasteiger partial charge is 0.493 e. The van der Waals surface area contributed by atoms with E-state index in [1.54, 1.807) is 17.4 Å². The third-order valence-corrected chi connectivity index (χ3v) is 4.46. The lowest BCUT2D eigenvalue weighted by Gasteiger charge is -2.13. The number of rotatable bonds is 5. The minimum atomic E-state index is -0.0506. The number of carbonyl (C=O) groups excluding carboxylic acids is 1. The van der Waals surface area contributed by atoms with Crippen LogP contribution in [0.1, 0.15) is 22.9 Å². The molecule has 114 valence electrons. The molecule has 22 heavy (non-hydrogen) atoms. The lowest BCUT2D eigenvalue weighted by molar-refractivity contribution is -0.117. The van der Waals surface area contributed by atoms with Crippen molar-refractivity contribution in [1.29, 1.82) is 0 Å². The number of carbonyl (C=O) groups is 1.